The van der Waals surface area contributed by atoms with E-state index < -0.39 is 5.97 Å². The van der Waals surface area contributed by atoms with Crippen LogP contribution in [0.3, 0.4) is 0 Å². The van der Waals surface area contributed by atoms with Gasteiger partial charge < -0.3 is 10.4 Å². The molecule has 1 aliphatic rings. The Balaban J connectivity index is 1.89. The van der Waals surface area contributed by atoms with Gasteiger partial charge in [0.2, 0.25) is 0 Å². The summed E-state index contributed by atoms with van der Waals surface area (Å²) in [6.45, 7) is 0.538. The number of carbonyl (C=O) groups is 1. The lowest BCUT2D eigenvalue weighted by molar-refractivity contribution is -0.143. The van der Waals surface area contributed by atoms with Gasteiger partial charge in [-0.1, -0.05) is 24.1 Å². The number of carboxylic acids is 1. The predicted molar refractivity (Wildman–Crippen MR) is 71.6 cm³/mol. The van der Waals surface area contributed by atoms with Crippen LogP contribution in [0.5, 0.6) is 0 Å². The maximum Gasteiger partial charge on any atom is 0.306 e. The number of nitrogens with one attached hydrogen (secondary N) is 1. The summed E-state index contributed by atoms with van der Waals surface area (Å²) in [6, 6.07) is 4.52. The first-order chi connectivity index (χ1) is 9.06. The van der Waals surface area contributed by atoms with Crippen molar-refractivity contribution in [1.82, 2.24) is 5.32 Å². The molecule has 0 aliphatic heterocycles. The number of aliphatic carboxylic acids is 1. The molecule has 2 atom stereocenters. The van der Waals surface area contributed by atoms with E-state index >= 15 is 0 Å². The second-order valence-electron chi connectivity index (χ2n) is 5.02. The number of carboxylic acid groups (broad SMARTS) is 1. The molecule has 2 unspecified atom stereocenters. The number of hydrogen-bond donors (Lipinski definition) is 2. The van der Waals surface area contributed by atoms with Gasteiger partial charge >= 0.3 is 5.97 Å². The first-order valence-electron chi connectivity index (χ1n) is 6.46. The van der Waals surface area contributed by atoms with E-state index in [0.717, 1.165) is 24.8 Å². The summed E-state index contributed by atoms with van der Waals surface area (Å²) in [5.74, 6) is -1.32. The highest BCUT2D eigenvalue weighted by molar-refractivity contribution is 6.31. The molecule has 1 aromatic carbocycles. The van der Waals surface area contributed by atoms with E-state index in [4.69, 9.17) is 16.7 Å². The standard InChI is InChI=1S/C14H17ClFNO2/c15-13-7-11(16)5-4-10(13)8-17-12-3-1-2-9(6-12)14(18)19/h4-5,7,9,12,17H,1-3,6,8H2,(H,18,19). The van der Waals surface area contributed by atoms with E-state index in [2.05, 4.69) is 5.32 Å². The molecule has 1 fully saturated rings. The highest BCUT2D eigenvalue weighted by atomic mass is 35.5. The quantitative estimate of drug-likeness (QED) is 0.893. The summed E-state index contributed by atoms with van der Waals surface area (Å²) >= 11 is 5.95. The van der Waals surface area contributed by atoms with Gasteiger partial charge in [0.05, 0.1) is 5.92 Å². The lowest BCUT2D eigenvalue weighted by atomic mass is 9.86. The Kier molecular flexibility index (Phi) is 4.77. The number of halogens is 2. The first-order valence-corrected chi connectivity index (χ1v) is 6.84. The van der Waals surface area contributed by atoms with Gasteiger partial charge in [-0.25, -0.2) is 4.39 Å². The zero-order chi connectivity index (χ0) is 13.8. The molecule has 0 bridgehead atoms. The van der Waals surface area contributed by atoms with E-state index in [-0.39, 0.29) is 17.8 Å². The number of benzene rings is 1. The molecule has 104 valence electrons. The van der Waals surface area contributed by atoms with Crippen molar-refractivity contribution >= 4 is 17.6 Å². The van der Waals surface area contributed by atoms with Crippen LogP contribution in [-0.2, 0) is 11.3 Å². The number of rotatable bonds is 4. The topological polar surface area (TPSA) is 49.3 Å². The van der Waals surface area contributed by atoms with E-state index in [1.165, 1.54) is 12.1 Å². The van der Waals surface area contributed by atoms with Gasteiger partial charge in [-0.05, 0) is 37.0 Å². The van der Waals surface area contributed by atoms with Gasteiger partial charge in [0.15, 0.2) is 0 Å². The first kappa shape index (κ1) is 14.3. The Hall–Kier alpha value is -1.13. The molecule has 3 nitrogen and oxygen atoms in total. The minimum Gasteiger partial charge on any atom is -0.481 e. The SMILES string of the molecule is O=C(O)C1CCCC(NCc2ccc(F)cc2Cl)C1. The Labute approximate surface area is 116 Å². The largest absolute Gasteiger partial charge is 0.481 e. The fraction of sp³-hybridized carbons (Fsp3) is 0.500. The van der Waals surface area contributed by atoms with Gasteiger partial charge in [-0.3, -0.25) is 4.79 Å². The van der Waals surface area contributed by atoms with Crippen LogP contribution in [0.1, 0.15) is 31.2 Å². The van der Waals surface area contributed by atoms with Crippen molar-refractivity contribution < 1.29 is 14.3 Å². The van der Waals surface area contributed by atoms with Crippen LogP contribution in [0.4, 0.5) is 4.39 Å². The Morgan fingerprint density at radius 1 is 1.47 bits per heavy atom. The predicted octanol–water partition coefficient (Wildman–Crippen LogP) is 3.21. The fourth-order valence-corrected chi connectivity index (χ4v) is 2.75. The molecular formula is C14H17ClFNO2. The molecule has 2 rings (SSSR count). The summed E-state index contributed by atoms with van der Waals surface area (Å²) in [5.41, 5.74) is 0.834. The average molecular weight is 286 g/mol. The third kappa shape index (κ3) is 3.91. The maximum atomic E-state index is 12.9. The van der Waals surface area contributed by atoms with Gasteiger partial charge in [-0.2, -0.15) is 0 Å². The molecule has 2 N–H and O–H groups in total. The summed E-state index contributed by atoms with van der Waals surface area (Å²) in [5, 5.41) is 12.7. The normalized spacial score (nSPS) is 23.3. The molecule has 0 amide bonds. The lowest BCUT2D eigenvalue weighted by Gasteiger charge is -2.27. The molecular weight excluding hydrogens is 269 g/mol. The summed E-state index contributed by atoms with van der Waals surface area (Å²) < 4.78 is 12.9. The molecule has 19 heavy (non-hydrogen) atoms. The third-order valence-corrected chi connectivity index (χ3v) is 3.97. The molecule has 1 aliphatic carbocycles. The molecule has 0 spiro atoms. The Bertz CT molecular complexity index is 467. The van der Waals surface area contributed by atoms with Crippen molar-refractivity contribution in [2.24, 2.45) is 5.92 Å². The smallest absolute Gasteiger partial charge is 0.306 e. The van der Waals surface area contributed by atoms with Crippen LogP contribution in [0.15, 0.2) is 18.2 Å². The molecule has 0 saturated heterocycles. The van der Waals surface area contributed by atoms with Crippen molar-refractivity contribution in [3.63, 3.8) is 0 Å². The van der Waals surface area contributed by atoms with Gasteiger partial charge in [0.25, 0.3) is 0 Å². The van der Waals surface area contributed by atoms with Crippen LogP contribution in [0, 0.1) is 11.7 Å². The van der Waals surface area contributed by atoms with E-state index in [1.54, 1.807) is 6.07 Å². The Morgan fingerprint density at radius 2 is 2.26 bits per heavy atom. The Morgan fingerprint density at radius 3 is 2.95 bits per heavy atom. The van der Waals surface area contributed by atoms with Crippen LogP contribution in [0.25, 0.3) is 0 Å². The van der Waals surface area contributed by atoms with E-state index in [1.807, 2.05) is 0 Å². The fourth-order valence-electron chi connectivity index (χ4n) is 2.52. The van der Waals surface area contributed by atoms with Gasteiger partial charge in [0, 0.05) is 17.6 Å². The third-order valence-electron chi connectivity index (χ3n) is 3.62. The second kappa shape index (κ2) is 6.35. The van der Waals surface area contributed by atoms with Crippen LogP contribution in [-0.4, -0.2) is 17.1 Å². The van der Waals surface area contributed by atoms with Crippen molar-refractivity contribution in [3.8, 4) is 0 Å². The minimum absolute atomic E-state index is 0.191. The highest BCUT2D eigenvalue weighted by Gasteiger charge is 2.26. The zero-order valence-corrected chi connectivity index (χ0v) is 11.3. The molecule has 1 saturated carbocycles. The summed E-state index contributed by atoms with van der Waals surface area (Å²) in [4.78, 5) is 11.0. The van der Waals surface area contributed by atoms with Crippen LogP contribution >= 0.6 is 11.6 Å². The van der Waals surface area contributed by atoms with Crippen LogP contribution in [0.2, 0.25) is 5.02 Å². The zero-order valence-electron chi connectivity index (χ0n) is 10.5. The van der Waals surface area contributed by atoms with Crippen molar-refractivity contribution in [3.05, 3.63) is 34.6 Å². The van der Waals surface area contributed by atoms with E-state index in [0.29, 0.717) is 18.0 Å². The monoisotopic (exact) mass is 285 g/mol. The van der Waals surface area contributed by atoms with E-state index in [9.17, 15) is 9.18 Å². The molecule has 0 radical (unpaired) electrons. The number of hydrogen-bond acceptors (Lipinski definition) is 2. The minimum atomic E-state index is -0.716. The van der Waals surface area contributed by atoms with Crippen molar-refractivity contribution in [2.75, 3.05) is 0 Å². The van der Waals surface area contributed by atoms with Gasteiger partial charge in [-0.15, -0.1) is 0 Å². The molecule has 0 aromatic heterocycles. The lowest BCUT2D eigenvalue weighted by Crippen LogP contribution is -2.36. The average Bonchev–Trinajstić information content (AvgIpc) is 2.38. The molecule has 5 heteroatoms. The highest BCUT2D eigenvalue weighted by Crippen LogP contribution is 2.25. The summed E-state index contributed by atoms with van der Waals surface area (Å²) in [7, 11) is 0. The van der Waals surface area contributed by atoms with Crippen LogP contribution < -0.4 is 5.32 Å². The maximum absolute atomic E-state index is 12.9. The van der Waals surface area contributed by atoms with Gasteiger partial charge in [0.1, 0.15) is 5.82 Å². The van der Waals surface area contributed by atoms with Crippen molar-refractivity contribution in [1.29, 1.82) is 0 Å². The van der Waals surface area contributed by atoms with Crippen molar-refractivity contribution in [2.45, 2.75) is 38.3 Å². The second-order valence-corrected chi connectivity index (χ2v) is 5.42. The summed E-state index contributed by atoms with van der Waals surface area (Å²) in [6.07, 6.45) is 3.30. The molecule has 0 heterocycles. The molecule has 1 aromatic rings.